The van der Waals surface area contributed by atoms with Crippen molar-refractivity contribution in [3.05, 3.63) is 34.7 Å². The minimum atomic E-state index is 0.152. The molecule has 0 spiro atoms. The zero-order valence-electron chi connectivity index (χ0n) is 12.1. The first-order valence-corrected chi connectivity index (χ1v) is 7.71. The van der Waals surface area contributed by atoms with Crippen molar-refractivity contribution in [3.63, 3.8) is 0 Å². The molecule has 0 saturated carbocycles. The maximum atomic E-state index is 9.44. The van der Waals surface area contributed by atoms with Crippen LogP contribution in [0.5, 0.6) is 0 Å². The highest BCUT2D eigenvalue weighted by Gasteiger charge is 2.19. The minimum absolute atomic E-state index is 0.152. The highest BCUT2D eigenvalue weighted by atomic mass is 32.1. The van der Waals surface area contributed by atoms with E-state index >= 15 is 0 Å². The third kappa shape index (κ3) is 2.99. The summed E-state index contributed by atoms with van der Waals surface area (Å²) >= 11 is 1.85. The van der Waals surface area contributed by atoms with Crippen molar-refractivity contribution in [1.82, 2.24) is 5.32 Å². The van der Waals surface area contributed by atoms with Crippen LogP contribution in [0, 0.1) is 12.8 Å². The number of fused-ring (bicyclic) bond motifs is 1. The quantitative estimate of drug-likeness (QED) is 0.869. The van der Waals surface area contributed by atoms with Crippen LogP contribution < -0.4 is 5.32 Å². The van der Waals surface area contributed by atoms with Crippen LogP contribution in [0.4, 0.5) is 0 Å². The van der Waals surface area contributed by atoms with Crippen LogP contribution in [0.25, 0.3) is 10.1 Å². The lowest BCUT2D eigenvalue weighted by atomic mass is 10.0. The first-order chi connectivity index (χ1) is 9.04. The van der Waals surface area contributed by atoms with Gasteiger partial charge in [0.15, 0.2) is 0 Å². The topological polar surface area (TPSA) is 32.3 Å². The summed E-state index contributed by atoms with van der Waals surface area (Å²) in [4.78, 5) is 1.38. The number of aryl methyl sites for hydroxylation is 1. The van der Waals surface area contributed by atoms with Gasteiger partial charge in [0.25, 0.3) is 0 Å². The van der Waals surface area contributed by atoms with E-state index in [4.69, 9.17) is 0 Å². The van der Waals surface area contributed by atoms with Gasteiger partial charge in [-0.25, -0.2) is 0 Å². The molecule has 2 atom stereocenters. The lowest BCUT2D eigenvalue weighted by Crippen LogP contribution is -2.38. The molecule has 2 nitrogen and oxygen atoms in total. The summed E-state index contributed by atoms with van der Waals surface area (Å²) in [5.74, 6) is 0.433. The van der Waals surface area contributed by atoms with Crippen molar-refractivity contribution in [1.29, 1.82) is 0 Å². The van der Waals surface area contributed by atoms with Crippen LogP contribution in [0.15, 0.2) is 24.3 Å². The molecule has 19 heavy (non-hydrogen) atoms. The fourth-order valence-electron chi connectivity index (χ4n) is 2.46. The molecule has 3 heteroatoms. The van der Waals surface area contributed by atoms with Crippen molar-refractivity contribution < 1.29 is 5.11 Å². The first kappa shape index (κ1) is 14.5. The van der Waals surface area contributed by atoms with Crippen LogP contribution in [0.2, 0.25) is 0 Å². The maximum absolute atomic E-state index is 9.44. The van der Waals surface area contributed by atoms with Crippen LogP contribution in [0.1, 0.15) is 37.3 Å². The summed E-state index contributed by atoms with van der Waals surface area (Å²) < 4.78 is 1.34. The summed E-state index contributed by atoms with van der Waals surface area (Å²) in [7, 11) is 0. The fourth-order valence-corrected chi connectivity index (χ4v) is 3.68. The smallest absolute Gasteiger partial charge is 0.0587 e. The van der Waals surface area contributed by atoms with Gasteiger partial charge in [-0.15, -0.1) is 11.3 Å². The Bertz CT molecular complexity index is 547. The molecule has 0 bridgehead atoms. The van der Waals surface area contributed by atoms with E-state index in [1.807, 2.05) is 11.3 Å². The molecule has 2 rings (SSSR count). The van der Waals surface area contributed by atoms with Gasteiger partial charge in [-0.05, 0) is 36.8 Å². The fraction of sp³-hybridized carbons (Fsp3) is 0.500. The number of nitrogens with one attached hydrogen (secondary N) is 1. The van der Waals surface area contributed by atoms with Crippen LogP contribution in [-0.2, 0) is 0 Å². The van der Waals surface area contributed by atoms with E-state index < -0.39 is 0 Å². The third-order valence-electron chi connectivity index (χ3n) is 3.74. The molecule has 2 aromatic rings. The zero-order chi connectivity index (χ0) is 14.0. The molecule has 0 aliphatic heterocycles. The Balaban J connectivity index is 2.26. The van der Waals surface area contributed by atoms with E-state index in [1.165, 1.54) is 20.5 Å². The lowest BCUT2D eigenvalue weighted by Gasteiger charge is -2.24. The molecule has 0 aliphatic carbocycles. The monoisotopic (exact) mass is 277 g/mol. The Kier molecular flexibility index (Phi) is 4.61. The number of hydrogen-bond donors (Lipinski definition) is 2. The summed E-state index contributed by atoms with van der Waals surface area (Å²) in [5.41, 5.74) is 1.36. The number of aliphatic hydroxyl groups is 1. The number of benzene rings is 1. The average Bonchev–Trinajstić information content (AvgIpc) is 2.73. The molecule has 0 radical (unpaired) electrons. The molecule has 0 amide bonds. The molecule has 1 heterocycles. The van der Waals surface area contributed by atoms with Gasteiger partial charge in [0.1, 0.15) is 0 Å². The van der Waals surface area contributed by atoms with E-state index in [0.29, 0.717) is 5.92 Å². The Hall–Kier alpha value is -0.900. The molecule has 0 saturated heterocycles. The lowest BCUT2D eigenvalue weighted by molar-refractivity contribution is 0.202. The minimum Gasteiger partial charge on any atom is -0.395 e. The molecular formula is C16H23NOS. The van der Waals surface area contributed by atoms with Gasteiger partial charge in [0.05, 0.1) is 6.61 Å². The molecule has 1 aromatic heterocycles. The molecule has 0 fully saturated rings. The number of thiophene rings is 1. The Labute approximate surface area is 119 Å². The summed E-state index contributed by atoms with van der Waals surface area (Å²) in [5, 5.41) is 14.3. The zero-order valence-corrected chi connectivity index (χ0v) is 12.9. The van der Waals surface area contributed by atoms with E-state index in [1.54, 1.807) is 0 Å². The summed E-state index contributed by atoms with van der Waals surface area (Å²) in [6.45, 7) is 8.83. The van der Waals surface area contributed by atoms with Gasteiger partial charge in [-0.2, -0.15) is 0 Å². The van der Waals surface area contributed by atoms with E-state index in [2.05, 4.69) is 57.3 Å². The van der Waals surface area contributed by atoms with Crippen molar-refractivity contribution in [2.24, 2.45) is 5.92 Å². The Morgan fingerprint density at radius 1 is 1.21 bits per heavy atom. The predicted octanol–water partition coefficient (Wildman–Crippen LogP) is 3.88. The largest absolute Gasteiger partial charge is 0.395 e. The predicted molar refractivity (Wildman–Crippen MR) is 83.8 cm³/mol. The molecule has 0 aliphatic rings. The highest BCUT2D eigenvalue weighted by Crippen LogP contribution is 2.34. The Morgan fingerprint density at radius 2 is 1.89 bits per heavy atom. The Morgan fingerprint density at radius 3 is 2.47 bits per heavy atom. The van der Waals surface area contributed by atoms with Gasteiger partial charge in [-0.1, -0.05) is 32.0 Å². The van der Waals surface area contributed by atoms with Crippen molar-refractivity contribution in [2.75, 3.05) is 6.61 Å². The molecular weight excluding hydrogens is 254 g/mol. The van der Waals surface area contributed by atoms with Crippen molar-refractivity contribution in [2.45, 2.75) is 39.8 Å². The third-order valence-corrected chi connectivity index (χ3v) is 5.19. The standard InChI is InChI=1S/C16H23NOS/c1-10(2)14(9-18)17-12(4)16-11(3)13-7-5-6-8-15(13)19-16/h5-8,10,12,14,17-18H,9H2,1-4H3/t12?,14-/m1/s1. The van der Waals surface area contributed by atoms with Gasteiger partial charge < -0.3 is 10.4 Å². The normalized spacial score (nSPS) is 15.1. The van der Waals surface area contributed by atoms with Crippen molar-refractivity contribution in [3.8, 4) is 0 Å². The SMILES string of the molecule is Cc1c(C(C)N[C@H](CO)C(C)C)sc2ccccc12. The first-order valence-electron chi connectivity index (χ1n) is 6.89. The van der Waals surface area contributed by atoms with E-state index in [0.717, 1.165) is 0 Å². The molecule has 2 N–H and O–H groups in total. The van der Waals surface area contributed by atoms with Gasteiger partial charge >= 0.3 is 0 Å². The van der Waals surface area contributed by atoms with E-state index in [-0.39, 0.29) is 18.7 Å². The van der Waals surface area contributed by atoms with Gasteiger partial charge in [-0.3, -0.25) is 0 Å². The number of aliphatic hydroxyl groups excluding tert-OH is 1. The summed E-state index contributed by atoms with van der Waals surface area (Å²) in [6.07, 6.45) is 0. The second-order valence-corrected chi connectivity index (χ2v) is 6.59. The highest BCUT2D eigenvalue weighted by molar-refractivity contribution is 7.19. The second-order valence-electron chi connectivity index (χ2n) is 5.51. The molecule has 104 valence electrons. The number of rotatable bonds is 5. The average molecular weight is 277 g/mol. The second kappa shape index (κ2) is 6.04. The number of hydrogen-bond acceptors (Lipinski definition) is 3. The van der Waals surface area contributed by atoms with Crippen LogP contribution in [-0.4, -0.2) is 17.8 Å². The van der Waals surface area contributed by atoms with Crippen LogP contribution in [0.3, 0.4) is 0 Å². The molecule has 1 unspecified atom stereocenters. The van der Waals surface area contributed by atoms with Crippen LogP contribution >= 0.6 is 11.3 Å². The van der Waals surface area contributed by atoms with E-state index in [9.17, 15) is 5.11 Å². The molecule has 1 aromatic carbocycles. The van der Waals surface area contributed by atoms with Gasteiger partial charge in [0.2, 0.25) is 0 Å². The van der Waals surface area contributed by atoms with Gasteiger partial charge in [0, 0.05) is 21.7 Å². The maximum Gasteiger partial charge on any atom is 0.0587 e. The summed E-state index contributed by atoms with van der Waals surface area (Å²) in [6, 6.07) is 8.97. The van der Waals surface area contributed by atoms with Crippen molar-refractivity contribution >= 4 is 21.4 Å².